The first-order chi connectivity index (χ1) is 9.73. The summed E-state index contributed by atoms with van der Waals surface area (Å²) in [6, 6.07) is 5.55. The lowest BCUT2D eigenvalue weighted by atomic mass is 9.62. The molecule has 2 aliphatic rings. The molecule has 3 nitrogen and oxygen atoms in total. The van der Waals surface area contributed by atoms with Crippen LogP contribution in [-0.4, -0.2) is 17.3 Å². The summed E-state index contributed by atoms with van der Waals surface area (Å²) in [6.07, 6.45) is 1.91. The third-order valence-corrected chi connectivity index (χ3v) is 4.94. The molecule has 2 aliphatic carbocycles. The Morgan fingerprint density at radius 1 is 0.952 bits per heavy atom. The van der Waals surface area contributed by atoms with Gasteiger partial charge in [-0.1, -0.05) is 26.0 Å². The predicted octanol–water partition coefficient (Wildman–Crippen LogP) is 2.93. The van der Waals surface area contributed by atoms with Crippen LogP contribution in [0.25, 0.3) is 0 Å². The summed E-state index contributed by atoms with van der Waals surface area (Å²) in [7, 11) is 0. The lowest BCUT2D eigenvalue weighted by Gasteiger charge is -2.38. The van der Waals surface area contributed by atoms with Crippen molar-refractivity contribution in [2.75, 3.05) is 0 Å². The molecule has 0 atom stereocenters. The molecule has 1 fully saturated rings. The van der Waals surface area contributed by atoms with Crippen LogP contribution >= 0.6 is 0 Å². The van der Waals surface area contributed by atoms with Gasteiger partial charge in [-0.3, -0.25) is 14.4 Å². The summed E-state index contributed by atoms with van der Waals surface area (Å²) in [5.41, 5.74) is 1.61. The van der Waals surface area contributed by atoms with Crippen LogP contribution in [0, 0.1) is 10.8 Å². The number of hydrogen-bond donors (Lipinski definition) is 0. The maximum atomic E-state index is 12.6. The third kappa shape index (κ3) is 2.15. The van der Waals surface area contributed by atoms with E-state index >= 15 is 0 Å². The van der Waals surface area contributed by atoms with E-state index < -0.39 is 5.41 Å². The van der Waals surface area contributed by atoms with E-state index in [0.717, 1.165) is 11.1 Å². The highest BCUT2D eigenvalue weighted by Gasteiger charge is 2.54. The molecule has 3 heteroatoms. The number of benzene rings is 1. The summed E-state index contributed by atoms with van der Waals surface area (Å²) in [5.74, 6) is 0.162. The van der Waals surface area contributed by atoms with E-state index in [1.165, 1.54) is 6.92 Å². The predicted molar refractivity (Wildman–Crippen MR) is 79.3 cm³/mol. The van der Waals surface area contributed by atoms with Crippen molar-refractivity contribution in [1.82, 2.24) is 0 Å². The minimum Gasteiger partial charge on any atom is -0.299 e. The van der Waals surface area contributed by atoms with Gasteiger partial charge in [0.05, 0.1) is 5.41 Å². The molecule has 21 heavy (non-hydrogen) atoms. The van der Waals surface area contributed by atoms with Gasteiger partial charge in [-0.25, -0.2) is 0 Å². The van der Waals surface area contributed by atoms with Crippen LogP contribution in [0.5, 0.6) is 0 Å². The van der Waals surface area contributed by atoms with Gasteiger partial charge in [0.2, 0.25) is 0 Å². The Hall–Kier alpha value is -1.77. The number of ketones is 3. The molecule has 1 aromatic carbocycles. The van der Waals surface area contributed by atoms with Crippen molar-refractivity contribution in [1.29, 1.82) is 0 Å². The molecule has 110 valence electrons. The van der Waals surface area contributed by atoms with Gasteiger partial charge < -0.3 is 0 Å². The average molecular weight is 284 g/mol. The summed E-state index contributed by atoms with van der Waals surface area (Å²) < 4.78 is 0. The van der Waals surface area contributed by atoms with Gasteiger partial charge in [-0.05, 0) is 42.4 Å². The molecule has 0 radical (unpaired) electrons. The van der Waals surface area contributed by atoms with E-state index in [-0.39, 0.29) is 22.8 Å². The van der Waals surface area contributed by atoms with Crippen molar-refractivity contribution >= 4 is 17.3 Å². The molecule has 0 unspecified atom stereocenters. The van der Waals surface area contributed by atoms with Crippen molar-refractivity contribution in [3.05, 3.63) is 34.9 Å². The summed E-state index contributed by atoms with van der Waals surface area (Å²) >= 11 is 0. The third-order valence-electron chi connectivity index (χ3n) is 4.94. The van der Waals surface area contributed by atoms with E-state index in [2.05, 4.69) is 0 Å². The van der Waals surface area contributed by atoms with Crippen LogP contribution < -0.4 is 0 Å². The lowest BCUT2D eigenvalue weighted by molar-refractivity contribution is -0.147. The topological polar surface area (TPSA) is 51.2 Å². The Morgan fingerprint density at radius 2 is 1.52 bits per heavy atom. The van der Waals surface area contributed by atoms with Crippen LogP contribution in [-0.2, 0) is 22.4 Å². The van der Waals surface area contributed by atoms with Gasteiger partial charge in [-0.2, -0.15) is 0 Å². The Labute approximate surface area is 124 Å². The molecule has 1 spiro atoms. The number of carbonyl (C=O) groups is 3. The molecule has 0 saturated heterocycles. The Balaban J connectivity index is 1.98. The highest BCUT2D eigenvalue weighted by molar-refractivity contribution is 6.10. The first-order valence-electron chi connectivity index (χ1n) is 7.43. The van der Waals surface area contributed by atoms with Crippen molar-refractivity contribution in [2.45, 2.75) is 46.5 Å². The molecule has 0 amide bonds. The highest BCUT2D eigenvalue weighted by Crippen LogP contribution is 2.47. The molecule has 0 aliphatic heterocycles. The molecular weight excluding hydrogens is 264 g/mol. The minimum absolute atomic E-state index is 0.0150. The number of fused-ring (bicyclic) bond motifs is 1. The first-order valence-corrected chi connectivity index (χ1v) is 7.43. The van der Waals surface area contributed by atoms with E-state index in [4.69, 9.17) is 0 Å². The lowest BCUT2D eigenvalue weighted by Crippen LogP contribution is -2.48. The Kier molecular flexibility index (Phi) is 2.94. The van der Waals surface area contributed by atoms with Crippen LogP contribution in [0.3, 0.4) is 0 Å². The molecular formula is C18H20O3. The highest BCUT2D eigenvalue weighted by atomic mass is 16.2. The zero-order valence-corrected chi connectivity index (χ0v) is 12.8. The number of hydrogen-bond acceptors (Lipinski definition) is 3. The van der Waals surface area contributed by atoms with Gasteiger partial charge in [-0.15, -0.1) is 0 Å². The van der Waals surface area contributed by atoms with Gasteiger partial charge in [0.25, 0.3) is 0 Å². The zero-order chi connectivity index (χ0) is 15.4. The van der Waals surface area contributed by atoms with Crippen LogP contribution in [0.2, 0.25) is 0 Å². The fourth-order valence-electron chi connectivity index (χ4n) is 3.71. The van der Waals surface area contributed by atoms with Gasteiger partial charge in [0.15, 0.2) is 5.78 Å². The maximum absolute atomic E-state index is 12.6. The molecule has 0 heterocycles. The minimum atomic E-state index is -0.854. The molecule has 0 N–H and O–H groups in total. The largest absolute Gasteiger partial charge is 0.299 e. The smallest absolute Gasteiger partial charge is 0.159 e. The van der Waals surface area contributed by atoms with Crippen molar-refractivity contribution in [3.63, 3.8) is 0 Å². The zero-order valence-electron chi connectivity index (χ0n) is 12.8. The molecule has 1 aromatic rings. The van der Waals surface area contributed by atoms with Crippen molar-refractivity contribution in [3.8, 4) is 0 Å². The van der Waals surface area contributed by atoms with Gasteiger partial charge in [0.1, 0.15) is 11.6 Å². The molecule has 0 aromatic heterocycles. The summed E-state index contributed by atoms with van der Waals surface area (Å²) in [4.78, 5) is 36.8. The average Bonchev–Trinajstić information content (AvgIpc) is 2.75. The second kappa shape index (κ2) is 4.36. The maximum Gasteiger partial charge on any atom is 0.159 e. The van der Waals surface area contributed by atoms with E-state index in [1.807, 2.05) is 26.0 Å². The molecule has 0 bridgehead atoms. The second-order valence-corrected chi connectivity index (χ2v) is 7.34. The van der Waals surface area contributed by atoms with Crippen molar-refractivity contribution < 1.29 is 14.4 Å². The number of carbonyl (C=O) groups excluding carboxylic acids is 3. The fraction of sp³-hybridized carbons (Fsp3) is 0.500. The van der Waals surface area contributed by atoms with Crippen molar-refractivity contribution in [2.24, 2.45) is 10.8 Å². The van der Waals surface area contributed by atoms with Crippen LogP contribution in [0.1, 0.15) is 55.1 Å². The number of Topliss-reactive ketones (excluding diaryl/α,β-unsaturated/α-hetero) is 3. The van der Waals surface area contributed by atoms with Gasteiger partial charge >= 0.3 is 0 Å². The van der Waals surface area contributed by atoms with E-state index in [9.17, 15) is 14.4 Å². The second-order valence-electron chi connectivity index (χ2n) is 7.34. The monoisotopic (exact) mass is 284 g/mol. The quantitative estimate of drug-likeness (QED) is 0.588. The summed E-state index contributed by atoms with van der Waals surface area (Å²) in [5, 5.41) is 0. The van der Waals surface area contributed by atoms with Gasteiger partial charge in [0, 0.05) is 18.4 Å². The van der Waals surface area contributed by atoms with E-state index in [1.54, 1.807) is 6.07 Å². The SMILES string of the molecule is CC(=O)c1ccc2c(c1)CC1(C2)C(=O)CC(C)(C)CC1=O. The van der Waals surface area contributed by atoms with Crippen LogP contribution in [0.15, 0.2) is 18.2 Å². The number of rotatable bonds is 1. The van der Waals surface area contributed by atoms with Crippen LogP contribution in [0.4, 0.5) is 0 Å². The fourth-order valence-corrected chi connectivity index (χ4v) is 3.71. The molecule has 3 rings (SSSR count). The summed E-state index contributed by atoms with van der Waals surface area (Å²) in [6.45, 7) is 5.49. The Morgan fingerprint density at radius 3 is 2.10 bits per heavy atom. The Bertz CT molecular complexity index is 647. The standard InChI is InChI=1S/C18H20O3/c1-11(19)12-4-5-13-7-18(8-14(13)6-12)15(20)9-17(2,3)10-16(18)21/h4-6H,7-10H2,1-3H3. The van der Waals surface area contributed by atoms with E-state index in [0.29, 0.717) is 31.2 Å². The normalized spacial score (nSPS) is 22.4. The molecule has 1 saturated carbocycles. The first kappa shape index (κ1) is 14.2.